The van der Waals surface area contributed by atoms with Crippen LogP contribution < -0.4 is 51.4 Å². The Kier molecular flexibility index (Phi) is 4.98. The molecule has 1 nitrogen and oxygen atoms in total. The van der Waals surface area contributed by atoms with E-state index in [9.17, 15) is 12.9 Å². The first kappa shape index (κ1) is 14.6. The molecule has 0 amide bonds. The van der Waals surface area contributed by atoms with Crippen LogP contribution >= 0.6 is 11.6 Å². The van der Waals surface area contributed by atoms with E-state index in [1.54, 1.807) is 24.3 Å². The Hall–Kier alpha value is 0.541. The van der Waals surface area contributed by atoms with E-state index >= 15 is 0 Å². The van der Waals surface area contributed by atoms with E-state index in [2.05, 4.69) is 0 Å². The van der Waals surface area contributed by atoms with Gasteiger partial charge in [-0.1, -0.05) is 17.7 Å². The van der Waals surface area contributed by atoms with Crippen molar-refractivity contribution in [1.82, 2.24) is 4.57 Å². The summed E-state index contributed by atoms with van der Waals surface area (Å²) in [5.41, 5.74) is 0.515. The quantitative estimate of drug-likeness (QED) is 0.708. The van der Waals surface area contributed by atoms with Crippen LogP contribution in [0.4, 0.5) is 12.9 Å². The second-order valence-corrected chi connectivity index (χ2v) is 3.76. The second kappa shape index (κ2) is 5.46. The van der Waals surface area contributed by atoms with Crippen molar-refractivity contribution in [3.8, 4) is 0 Å². The van der Waals surface area contributed by atoms with Crippen LogP contribution in [0.3, 0.4) is 0 Å². The molecule has 0 saturated heterocycles. The van der Waals surface area contributed by atoms with Gasteiger partial charge in [0.2, 0.25) is 0 Å². The van der Waals surface area contributed by atoms with Crippen molar-refractivity contribution >= 4 is 29.5 Å². The van der Waals surface area contributed by atoms with Crippen molar-refractivity contribution in [3.05, 3.63) is 35.5 Å². The fourth-order valence-corrected chi connectivity index (χ4v) is 1.80. The summed E-state index contributed by atoms with van der Waals surface area (Å²) >= 11 is 5.85. The fraction of sp³-hybridized carbons (Fsp3) is 0.111. The van der Waals surface area contributed by atoms with Crippen molar-refractivity contribution in [2.24, 2.45) is 0 Å². The Morgan fingerprint density at radius 3 is 2.50 bits per heavy atom. The van der Waals surface area contributed by atoms with Gasteiger partial charge in [-0.3, -0.25) is 0 Å². The molecule has 16 heavy (non-hydrogen) atoms. The number of nitrogens with zero attached hydrogens (tertiary/aromatic N) is 1. The molecule has 0 aliphatic carbocycles. The fourth-order valence-electron chi connectivity index (χ4n) is 1.57. The molecule has 0 spiro atoms. The smallest absolute Gasteiger partial charge is 0.448 e. The molecule has 80 valence electrons. The Morgan fingerprint density at radius 1 is 1.19 bits per heavy atom. The minimum Gasteiger partial charge on any atom is -0.448 e. The molecular formula is C9H7BClF3KN. The SMILES string of the molecule is F[B-](F)(F)Cn1ccc2c(Cl)cccc21.[K+]. The Morgan fingerprint density at radius 2 is 1.88 bits per heavy atom. The Bertz CT molecular complexity index is 497. The van der Waals surface area contributed by atoms with Crippen molar-refractivity contribution < 1.29 is 64.3 Å². The molecule has 0 aliphatic rings. The van der Waals surface area contributed by atoms with Crippen LogP contribution in [0, 0.1) is 0 Å². The third kappa shape index (κ3) is 3.27. The molecule has 0 fully saturated rings. The van der Waals surface area contributed by atoms with E-state index in [4.69, 9.17) is 11.6 Å². The van der Waals surface area contributed by atoms with E-state index in [-0.39, 0.29) is 51.4 Å². The summed E-state index contributed by atoms with van der Waals surface area (Å²) in [5, 5.41) is 1.13. The third-order valence-corrected chi connectivity index (χ3v) is 2.49. The van der Waals surface area contributed by atoms with E-state index in [0.717, 1.165) is 0 Å². The maximum atomic E-state index is 12.3. The molecular weight excluding hydrogens is 264 g/mol. The summed E-state index contributed by atoms with van der Waals surface area (Å²) in [4.78, 5) is 0. The molecule has 1 aromatic carbocycles. The summed E-state index contributed by atoms with van der Waals surface area (Å²) in [6.45, 7) is -4.83. The Balaban J connectivity index is 0.00000128. The van der Waals surface area contributed by atoms with Gasteiger partial charge in [0.25, 0.3) is 0 Å². The van der Waals surface area contributed by atoms with Crippen molar-refractivity contribution in [3.63, 3.8) is 0 Å². The zero-order valence-corrected chi connectivity index (χ0v) is 12.5. The molecule has 0 unspecified atom stereocenters. The van der Waals surface area contributed by atoms with Crippen molar-refractivity contribution in [1.29, 1.82) is 0 Å². The average molecular weight is 272 g/mol. The van der Waals surface area contributed by atoms with Gasteiger partial charge < -0.3 is 17.5 Å². The van der Waals surface area contributed by atoms with Gasteiger partial charge in [0.15, 0.2) is 0 Å². The monoisotopic (exact) mass is 271 g/mol. The van der Waals surface area contributed by atoms with Gasteiger partial charge in [-0.05, 0) is 24.6 Å². The van der Waals surface area contributed by atoms with Crippen molar-refractivity contribution in [2.45, 2.75) is 6.44 Å². The average Bonchev–Trinajstić information content (AvgIpc) is 2.48. The number of rotatable bonds is 2. The van der Waals surface area contributed by atoms with Gasteiger partial charge in [-0.25, -0.2) is 0 Å². The number of hydrogen-bond donors (Lipinski definition) is 0. The predicted molar refractivity (Wildman–Crippen MR) is 56.0 cm³/mol. The third-order valence-electron chi connectivity index (χ3n) is 2.16. The molecule has 0 aliphatic heterocycles. The summed E-state index contributed by atoms with van der Waals surface area (Å²) in [6, 6.07) is 6.53. The molecule has 7 heteroatoms. The first-order valence-electron chi connectivity index (χ1n) is 4.42. The standard InChI is InChI=1S/C9H7BClF3N.K/c11-8-2-1-3-9-7(8)4-5-15(9)6-10(12,13)14;/h1-5H,6H2;/q-1;+1. The van der Waals surface area contributed by atoms with Gasteiger partial charge in [-0.15, -0.1) is 0 Å². The first-order chi connectivity index (χ1) is 6.97. The molecule has 0 bridgehead atoms. The number of halogens is 4. The number of hydrogen-bond acceptors (Lipinski definition) is 0. The largest absolute Gasteiger partial charge is 1.00 e. The predicted octanol–water partition coefficient (Wildman–Crippen LogP) is 0.685. The molecule has 1 aromatic heterocycles. The topological polar surface area (TPSA) is 4.93 Å². The van der Waals surface area contributed by atoms with Crippen LogP contribution in [0.1, 0.15) is 0 Å². The van der Waals surface area contributed by atoms with Crippen LogP contribution in [-0.2, 0) is 6.44 Å². The van der Waals surface area contributed by atoms with Crippen LogP contribution in [0.25, 0.3) is 10.9 Å². The molecule has 1 heterocycles. The number of aromatic nitrogens is 1. The zero-order valence-electron chi connectivity index (χ0n) is 8.63. The molecule has 0 atom stereocenters. The van der Waals surface area contributed by atoms with Gasteiger partial charge >= 0.3 is 58.4 Å². The van der Waals surface area contributed by atoms with Gasteiger partial charge in [0.05, 0.1) is 0 Å². The molecule has 0 radical (unpaired) electrons. The van der Waals surface area contributed by atoms with Crippen LogP contribution in [0.2, 0.25) is 5.02 Å². The van der Waals surface area contributed by atoms with E-state index in [1.807, 2.05) is 0 Å². The second-order valence-electron chi connectivity index (χ2n) is 3.35. The normalized spacial score (nSPS) is 11.5. The van der Waals surface area contributed by atoms with Crippen LogP contribution in [-0.4, -0.2) is 11.5 Å². The molecule has 0 N–H and O–H groups in total. The summed E-state index contributed by atoms with van der Waals surface area (Å²) in [6.07, 6.45) is 0.482. The van der Waals surface area contributed by atoms with Gasteiger partial charge in [0.1, 0.15) is 0 Å². The summed E-state index contributed by atoms with van der Waals surface area (Å²) < 4.78 is 37.9. The van der Waals surface area contributed by atoms with E-state index in [0.29, 0.717) is 15.9 Å². The zero-order chi connectivity index (χ0) is 11.1. The summed E-state index contributed by atoms with van der Waals surface area (Å²) in [7, 11) is 0. The molecule has 2 rings (SSSR count). The van der Waals surface area contributed by atoms with E-state index in [1.165, 1.54) is 10.8 Å². The number of fused-ring (bicyclic) bond motifs is 1. The van der Waals surface area contributed by atoms with Crippen molar-refractivity contribution in [2.75, 3.05) is 0 Å². The van der Waals surface area contributed by atoms with Gasteiger partial charge in [0, 0.05) is 22.1 Å². The van der Waals surface area contributed by atoms with Gasteiger partial charge in [-0.2, -0.15) is 0 Å². The minimum atomic E-state index is -4.83. The minimum absolute atomic E-state index is 0. The maximum absolute atomic E-state index is 12.3. The maximum Gasteiger partial charge on any atom is 1.00 e. The van der Waals surface area contributed by atoms with E-state index < -0.39 is 13.4 Å². The molecule has 2 aromatic rings. The van der Waals surface area contributed by atoms with Crippen LogP contribution in [0.5, 0.6) is 0 Å². The summed E-state index contributed by atoms with van der Waals surface area (Å²) in [5.74, 6) is 0. The first-order valence-corrected chi connectivity index (χ1v) is 4.79. The van der Waals surface area contributed by atoms with Crippen LogP contribution in [0.15, 0.2) is 30.5 Å². The Labute approximate surface area is 138 Å². The number of benzene rings is 1. The molecule has 0 saturated carbocycles.